The molecule has 0 aliphatic heterocycles. The minimum Gasteiger partial charge on any atom is -0.302 e. The molecule has 31 heavy (non-hydrogen) atoms. The van der Waals surface area contributed by atoms with Crippen LogP contribution in [0.3, 0.4) is 0 Å². The van der Waals surface area contributed by atoms with Crippen molar-refractivity contribution >= 4 is 50.8 Å². The molecule has 2 aromatic carbocycles. The van der Waals surface area contributed by atoms with Crippen molar-refractivity contribution in [1.82, 2.24) is 9.88 Å². The first-order valence-corrected chi connectivity index (χ1v) is 11.2. The number of nitrogens with zero attached hydrogens (tertiary/aromatic N) is 3. The predicted octanol–water partition coefficient (Wildman–Crippen LogP) is 5.53. The molecule has 1 heterocycles. The number of halogens is 1. The molecule has 0 saturated carbocycles. The van der Waals surface area contributed by atoms with Gasteiger partial charge in [-0.1, -0.05) is 37.3 Å². The molecule has 0 atom stereocenters. The topological polar surface area (TPSA) is 53.5 Å². The van der Waals surface area contributed by atoms with Gasteiger partial charge in [0.1, 0.15) is 0 Å². The fourth-order valence-electron chi connectivity index (χ4n) is 3.35. The summed E-state index contributed by atoms with van der Waals surface area (Å²) in [6.45, 7) is 13.2. The number of carbonyl (C=O) groups is 2. The zero-order valence-corrected chi connectivity index (χ0v) is 20.4. The summed E-state index contributed by atoms with van der Waals surface area (Å²) in [6.07, 6.45) is 0. The molecule has 1 aromatic heterocycles. The normalized spacial score (nSPS) is 10.9. The van der Waals surface area contributed by atoms with E-state index in [2.05, 4.69) is 44.7 Å². The van der Waals surface area contributed by atoms with E-state index in [0.717, 1.165) is 29.9 Å². The van der Waals surface area contributed by atoms with Crippen molar-refractivity contribution in [2.45, 2.75) is 34.6 Å². The molecule has 5 nitrogen and oxygen atoms in total. The van der Waals surface area contributed by atoms with Gasteiger partial charge in [-0.15, -0.1) is 12.4 Å². The zero-order valence-electron chi connectivity index (χ0n) is 18.8. The molecule has 3 rings (SSSR count). The lowest BCUT2D eigenvalue weighted by molar-refractivity contribution is 0.0980. The molecule has 0 aliphatic carbocycles. The molecule has 3 aromatic rings. The highest BCUT2D eigenvalue weighted by atomic mass is 35.5. The number of thiazole rings is 1. The van der Waals surface area contributed by atoms with Gasteiger partial charge in [-0.2, -0.15) is 0 Å². The van der Waals surface area contributed by atoms with Crippen LogP contribution in [0, 0.1) is 13.8 Å². The van der Waals surface area contributed by atoms with Crippen molar-refractivity contribution in [1.29, 1.82) is 0 Å². The van der Waals surface area contributed by atoms with Gasteiger partial charge in [0.25, 0.3) is 5.91 Å². The zero-order chi connectivity index (χ0) is 21.8. The van der Waals surface area contributed by atoms with Crippen LogP contribution in [0.25, 0.3) is 10.2 Å². The number of anilines is 1. The van der Waals surface area contributed by atoms with Crippen molar-refractivity contribution in [2.75, 3.05) is 31.1 Å². The summed E-state index contributed by atoms with van der Waals surface area (Å²) in [5, 5.41) is 0.711. The molecule has 0 aliphatic rings. The molecular formula is C24H30ClN3O2S. The standard InChI is InChI=1S/C24H29N3O2S.ClH/c1-6-26(7-2)12-13-27(23(29)20-10-8-19(9-11-20)18(5)28)24-25-21-14-16(3)17(4)15-22(21)30-24;/h8-11,14-15H,6-7,12-13H2,1-5H3;1H. The molecule has 0 fully saturated rings. The molecule has 0 saturated heterocycles. The fourth-order valence-corrected chi connectivity index (χ4v) is 4.42. The van der Waals surface area contributed by atoms with Crippen LogP contribution in [-0.4, -0.2) is 47.8 Å². The number of hydrogen-bond donors (Lipinski definition) is 0. The largest absolute Gasteiger partial charge is 0.302 e. The summed E-state index contributed by atoms with van der Waals surface area (Å²) in [5.74, 6) is -0.103. The van der Waals surface area contributed by atoms with Crippen molar-refractivity contribution in [3.63, 3.8) is 0 Å². The summed E-state index contributed by atoms with van der Waals surface area (Å²) >= 11 is 1.55. The van der Waals surface area contributed by atoms with Crippen LogP contribution in [0.5, 0.6) is 0 Å². The number of amides is 1. The molecule has 0 bridgehead atoms. The van der Waals surface area contributed by atoms with Gasteiger partial charge in [0, 0.05) is 24.2 Å². The number of benzene rings is 2. The summed E-state index contributed by atoms with van der Waals surface area (Å²) in [5.41, 5.74) is 4.50. The minimum absolute atomic E-state index is 0. The Morgan fingerprint density at radius 2 is 1.52 bits per heavy atom. The molecule has 0 unspecified atom stereocenters. The smallest absolute Gasteiger partial charge is 0.260 e. The Morgan fingerprint density at radius 3 is 2.10 bits per heavy atom. The Hall–Kier alpha value is -2.28. The summed E-state index contributed by atoms with van der Waals surface area (Å²) < 4.78 is 1.08. The predicted molar refractivity (Wildman–Crippen MR) is 132 cm³/mol. The van der Waals surface area contributed by atoms with Crippen molar-refractivity contribution in [2.24, 2.45) is 0 Å². The Morgan fingerprint density at radius 1 is 0.935 bits per heavy atom. The van der Waals surface area contributed by atoms with Crippen molar-refractivity contribution < 1.29 is 9.59 Å². The highest BCUT2D eigenvalue weighted by molar-refractivity contribution is 7.22. The fraction of sp³-hybridized carbons (Fsp3) is 0.375. The van der Waals surface area contributed by atoms with E-state index in [9.17, 15) is 9.59 Å². The highest BCUT2D eigenvalue weighted by Gasteiger charge is 2.22. The van der Waals surface area contributed by atoms with E-state index >= 15 is 0 Å². The minimum atomic E-state index is -0.0928. The average Bonchev–Trinajstić information content (AvgIpc) is 3.13. The first kappa shape index (κ1) is 25.0. The number of hydrogen-bond acceptors (Lipinski definition) is 5. The lowest BCUT2D eigenvalue weighted by atomic mass is 10.1. The number of Topliss-reactive ketones (excluding diaryl/α,β-unsaturated/α-hetero) is 1. The Labute approximate surface area is 194 Å². The maximum atomic E-state index is 13.4. The summed E-state index contributed by atoms with van der Waals surface area (Å²) in [6, 6.07) is 11.1. The molecule has 7 heteroatoms. The van der Waals surface area contributed by atoms with E-state index in [-0.39, 0.29) is 24.1 Å². The third-order valence-corrected chi connectivity index (χ3v) is 6.58. The van der Waals surface area contributed by atoms with Crippen LogP contribution < -0.4 is 4.90 Å². The van der Waals surface area contributed by atoms with Crippen LogP contribution in [-0.2, 0) is 0 Å². The van der Waals surface area contributed by atoms with Gasteiger partial charge in [0.2, 0.25) is 0 Å². The molecule has 0 spiro atoms. The van der Waals surface area contributed by atoms with Gasteiger partial charge < -0.3 is 4.90 Å². The van der Waals surface area contributed by atoms with Crippen molar-refractivity contribution in [3.8, 4) is 0 Å². The van der Waals surface area contributed by atoms with E-state index in [1.807, 2.05) is 0 Å². The number of carbonyl (C=O) groups excluding carboxylic acids is 2. The Bertz CT molecular complexity index is 1020. The summed E-state index contributed by atoms with van der Waals surface area (Å²) in [7, 11) is 0. The second kappa shape index (κ2) is 10.8. The number of likely N-dealkylation sites (N-methyl/N-ethyl adjacent to an activating group) is 1. The SMILES string of the molecule is CCN(CC)CCN(C(=O)c1ccc(C(C)=O)cc1)c1nc2cc(C)c(C)cc2s1.Cl. The van der Waals surface area contributed by atoms with E-state index < -0.39 is 0 Å². The second-order valence-electron chi connectivity index (χ2n) is 7.52. The highest BCUT2D eigenvalue weighted by Crippen LogP contribution is 2.31. The monoisotopic (exact) mass is 459 g/mol. The van der Waals surface area contributed by atoms with E-state index in [0.29, 0.717) is 22.8 Å². The number of rotatable bonds is 8. The van der Waals surface area contributed by atoms with Gasteiger partial charge in [0.05, 0.1) is 10.2 Å². The van der Waals surface area contributed by atoms with E-state index in [4.69, 9.17) is 4.98 Å². The van der Waals surface area contributed by atoms with E-state index in [1.54, 1.807) is 40.5 Å². The molecular weight excluding hydrogens is 430 g/mol. The molecule has 0 radical (unpaired) electrons. The van der Waals surface area contributed by atoms with Gasteiger partial charge in [-0.3, -0.25) is 14.5 Å². The van der Waals surface area contributed by atoms with Gasteiger partial charge >= 0.3 is 0 Å². The van der Waals surface area contributed by atoms with Crippen LogP contribution in [0.4, 0.5) is 5.13 Å². The van der Waals surface area contributed by atoms with Crippen LogP contribution in [0.15, 0.2) is 36.4 Å². The van der Waals surface area contributed by atoms with Gasteiger partial charge in [-0.25, -0.2) is 4.98 Å². The van der Waals surface area contributed by atoms with Gasteiger partial charge in [-0.05, 0) is 69.3 Å². The molecule has 1 amide bonds. The molecule has 0 N–H and O–H groups in total. The lowest BCUT2D eigenvalue weighted by Gasteiger charge is -2.24. The summed E-state index contributed by atoms with van der Waals surface area (Å²) in [4.78, 5) is 33.8. The van der Waals surface area contributed by atoms with Crippen LogP contribution in [0.2, 0.25) is 0 Å². The lowest BCUT2D eigenvalue weighted by Crippen LogP contribution is -2.38. The first-order chi connectivity index (χ1) is 14.3. The van der Waals surface area contributed by atoms with Crippen molar-refractivity contribution in [3.05, 3.63) is 58.7 Å². The van der Waals surface area contributed by atoms with Gasteiger partial charge in [0.15, 0.2) is 10.9 Å². The number of aromatic nitrogens is 1. The van der Waals surface area contributed by atoms with Crippen LogP contribution in [0.1, 0.15) is 52.6 Å². The molecule has 166 valence electrons. The second-order valence-corrected chi connectivity index (χ2v) is 8.53. The van der Waals surface area contributed by atoms with E-state index in [1.165, 1.54) is 18.1 Å². The maximum Gasteiger partial charge on any atom is 0.260 e. The maximum absolute atomic E-state index is 13.4. The number of aryl methyl sites for hydroxylation is 2. The third-order valence-electron chi connectivity index (χ3n) is 5.54. The average molecular weight is 460 g/mol. The third kappa shape index (κ3) is 5.70. The quantitative estimate of drug-likeness (QED) is 0.416. The van der Waals surface area contributed by atoms with Crippen LogP contribution >= 0.6 is 23.7 Å². The first-order valence-electron chi connectivity index (χ1n) is 10.4. The number of fused-ring (bicyclic) bond motifs is 1. The Balaban J connectivity index is 0.00000341. The number of ketones is 1. The Kier molecular flexibility index (Phi) is 8.74.